The van der Waals surface area contributed by atoms with Crippen LogP contribution in [0.1, 0.15) is 30.4 Å². The number of carbonyl (C=O) groups is 2. The maximum absolute atomic E-state index is 10.6. The van der Waals surface area contributed by atoms with Crippen molar-refractivity contribution in [3.8, 4) is 11.5 Å². The summed E-state index contributed by atoms with van der Waals surface area (Å²) in [6.45, 7) is 6.48. The van der Waals surface area contributed by atoms with Crippen molar-refractivity contribution in [2.24, 2.45) is 5.41 Å². The highest BCUT2D eigenvalue weighted by Crippen LogP contribution is 2.41. The van der Waals surface area contributed by atoms with Gasteiger partial charge in [-0.15, -0.1) is 0 Å². The largest absolute Gasteiger partial charge is 0.486 e. The molecule has 192 valence electrons. The number of β-amino-alcohol motifs (C(OH)–C–C–N with tert-alkyl or cyclic N) is 1. The number of aliphatic hydroxyl groups excluding tert-OH is 1. The molecule has 1 atom stereocenters. The van der Waals surface area contributed by atoms with Crippen LogP contribution in [0.25, 0.3) is 0 Å². The maximum atomic E-state index is 10.6. The first-order valence-corrected chi connectivity index (χ1v) is 11.7. The lowest BCUT2D eigenvalue weighted by Gasteiger charge is -2.49. The SMILES string of the molecule is O=CO.O=CO.OC1CN(Cc2ccc3c(c2)OCCO3)CC2(CCN(Cc3ccoc3)CC2)C1. The van der Waals surface area contributed by atoms with Crippen molar-refractivity contribution in [3.63, 3.8) is 0 Å². The van der Waals surface area contributed by atoms with Gasteiger partial charge in [0.15, 0.2) is 11.5 Å². The third kappa shape index (κ3) is 7.71. The number of hydrogen-bond acceptors (Lipinski definition) is 8. The van der Waals surface area contributed by atoms with E-state index in [4.69, 9.17) is 33.7 Å². The molecule has 1 aromatic heterocycles. The Kier molecular flexibility index (Phi) is 9.95. The quantitative estimate of drug-likeness (QED) is 0.548. The number of ether oxygens (including phenoxy) is 2. The lowest BCUT2D eigenvalue weighted by molar-refractivity contribution is -0.123. The Labute approximate surface area is 204 Å². The van der Waals surface area contributed by atoms with Crippen LogP contribution in [0.4, 0.5) is 0 Å². The fraction of sp³-hybridized carbons (Fsp3) is 0.520. The molecule has 0 saturated carbocycles. The minimum atomic E-state index is -0.250. The van der Waals surface area contributed by atoms with E-state index in [1.807, 2.05) is 18.4 Å². The Morgan fingerprint density at radius 1 is 0.943 bits per heavy atom. The van der Waals surface area contributed by atoms with Crippen LogP contribution in [0.3, 0.4) is 0 Å². The molecule has 3 aliphatic heterocycles. The number of carboxylic acid groups (broad SMARTS) is 2. The number of likely N-dealkylation sites (tertiary alicyclic amines) is 2. The molecule has 0 bridgehead atoms. The van der Waals surface area contributed by atoms with Gasteiger partial charge in [-0.2, -0.15) is 0 Å². The highest BCUT2D eigenvalue weighted by molar-refractivity contribution is 5.43. The molecule has 3 N–H and O–H groups in total. The summed E-state index contributed by atoms with van der Waals surface area (Å²) in [4.78, 5) is 21.6. The van der Waals surface area contributed by atoms with Crippen molar-refractivity contribution in [2.45, 2.75) is 38.5 Å². The lowest BCUT2D eigenvalue weighted by atomic mass is 9.71. The van der Waals surface area contributed by atoms with Gasteiger partial charge in [0.2, 0.25) is 0 Å². The number of fused-ring (bicyclic) bond motifs is 1. The summed E-state index contributed by atoms with van der Waals surface area (Å²) in [6.07, 6.45) is 6.53. The predicted octanol–water partition coefficient (Wildman–Crippen LogP) is 2.30. The van der Waals surface area contributed by atoms with Crippen molar-refractivity contribution in [2.75, 3.05) is 39.4 Å². The molecule has 0 amide bonds. The minimum Gasteiger partial charge on any atom is -0.486 e. The Morgan fingerprint density at radius 2 is 1.60 bits per heavy atom. The molecule has 35 heavy (non-hydrogen) atoms. The van der Waals surface area contributed by atoms with Gasteiger partial charge in [0, 0.05) is 31.7 Å². The van der Waals surface area contributed by atoms with Crippen molar-refractivity contribution in [1.82, 2.24) is 9.80 Å². The number of rotatable bonds is 4. The van der Waals surface area contributed by atoms with Crippen molar-refractivity contribution >= 4 is 12.9 Å². The van der Waals surface area contributed by atoms with Gasteiger partial charge in [-0.05, 0) is 61.5 Å². The molecule has 2 saturated heterocycles. The Bertz CT molecular complexity index is 906. The summed E-state index contributed by atoms with van der Waals surface area (Å²) < 4.78 is 16.6. The number of furan rings is 1. The van der Waals surface area contributed by atoms with E-state index in [1.54, 1.807) is 6.26 Å². The number of piperidine rings is 2. The lowest BCUT2D eigenvalue weighted by Crippen LogP contribution is -2.53. The molecule has 1 spiro atoms. The van der Waals surface area contributed by atoms with E-state index in [2.05, 4.69) is 21.9 Å². The fourth-order valence-corrected chi connectivity index (χ4v) is 5.22. The summed E-state index contributed by atoms with van der Waals surface area (Å²) in [5.74, 6) is 1.67. The first-order valence-electron chi connectivity index (χ1n) is 11.7. The predicted molar refractivity (Wildman–Crippen MR) is 126 cm³/mol. The molecule has 0 aliphatic carbocycles. The number of hydrogen-bond donors (Lipinski definition) is 3. The fourth-order valence-electron chi connectivity index (χ4n) is 5.22. The monoisotopic (exact) mass is 490 g/mol. The second-order valence-corrected chi connectivity index (χ2v) is 9.12. The van der Waals surface area contributed by atoms with Gasteiger partial charge < -0.3 is 29.2 Å². The third-order valence-electron chi connectivity index (χ3n) is 6.61. The van der Waals surface area contributed by atoms with Gasteiger partial charge in [0.05, 0.1) is 18.6 Å². The van der Waals surface area contributed by atoms with Crippen LogP contribution >= 0.6 is 0 Å². The van der Waals surface area contributed by atoms with E-state index in [0.29, 0.717) is 13.2 Å². The van der Waals surface area contributed by atoms with Crippen LogP contribution in [0.2, 0.25) is 0 Å². The minimum absolute atomic E-state index is 0.221. The average Bonchev–Trinajstić information content (AvgIpc) is 3.34. The normalized spacial score (nSPS) is 21.1. The van der Waals surface area contributed by atoms with Crippen LogP contribution in [-0.2, 0) is 22.7 Å². The highest BCUT2D eigenvalue weighted by Gasteiger charge is 2.41. The van der Waals surface area contributed by atoms with Crippen LogP contribution in [0.15, 0.2) is 41.2 Å². The van der Waals surface area contributed by atoms with Crippen LogP contribution in [-0.4, -0.2) is 83.6 Å². The summed E-state index contributed by atoms with van der Waals surface area (Å²) in [6, 6.07) is 8.27. The van der Waals surface area contributed by atoms with Gasteiger partial charge in [-0.1, -0.05) is 6.07 Å². The zero-order chi connectivity index (χ0) is 25.1. The van der Waals surface area contributed by atoms with Crippen molar-refractivity contribution in [3.05, 3.63) is 47.9 Å². The van der Waals surface area contributed by atoms with E-state index < -0.39 is 0 Å². The molecule has 4 heterocycles. The summed E-state index contributed by atoms with van der Waals surface area (Å²) in [5.41, 5.74) is 2.68. The zero-order valence-corrected chi connectivity index (χ0v) is 19.8. The summed E-state index contributed by atoms with van der Waals surface area (Å²) in [5, 5.41) is 24.4. The molecule has 2 aromatic rings. The molecule has 10 heteroatoms. The van der Waals surface area contributed by atoms with Crippen molar-refractivity contribution in [1.29, 1.82) is 0 Å². The van der Waals surface area contributed by atoms with Crippen LogP contribution < -0.4 is 9.47 Å². The first kappa shape index (κ1) is 26.5. The molecule has 2 fully saturated rings. The number of benzene rings is 1. The maximum Gasteiger partial charge on any atom is 0.290 e. The standard InChI is InChI=1S/C23H30N2O4.2CH2O2/c26-20-12-23(4-6-24(7-5-23)14-19-3-8-27-16-19)17-25(15-20)13-18-1-2-21-22(11-18)29-10-9-28-21;2*2-1-3/h1-3,8,11,16,20,26H,4-7,9-10,12-15,17H2;2*1H,(H,2,3). The molecule has 0 radical (unpaired) electrons. The van der Waals surface area contributed by atoms with Gasteiger partial charge in [0.25, 0.3) is 12.9 Å². The molecule has 5 rings (SSSR count). The van der Waals surface area contributed by atoms with E-state index >= 15 is 0 Å². The van der Waals surface area contributed by atoms with Gasteiger partial charge in [-0.3, -0.25) is 19.4 Å². The number of nitrogens with zero attached hydrogens (tertiary/aromatic N) is 2. The molecular weight excluding hydrogens is 456 g/mol. The van der Waals surface area contributed by atoms with Gasteiger partial charge in [0.1, 0.15) is 13.2 Å². The smallest absolute Gasteiger partial charge is 0.290 e. The zero-order valence-electron chi connectivity index (χ0n) is 19.8. The van der Waals surface area contributed by atoms with Crippen LogP contribution in [0.5, 0.6) is 11.5 Å². The molecule has 1 unspecified atom stereocenters. The molecule has 3 aliphatic rings. The molecular formula is C25H34N2O8. The van der Waals surface area contributed by atoms with E-state index in [9.17, 15) is 5.11 Å². The topological polar surface area (TPSA) is 133 Å². The van der Waals surface area contributed by atoms with E-state index in [-0.39, 0.29) is 24.5 Å². The van der Waals surface area contributed by atoms with Crippen LogP contribution in [0, 0.1) is 5.41 Å². The second kappa shape index (κ2) is 13.1. The van der Waals surface area contributed by atoms with Gasteiger partial charge in [-0.25, -0.2) is 0 Å². The summed E-state index contributed by atoms with van der Waals surface area (Å²) >= 11 is 0. The molecule has 10 nitrogen and oxygen atoms in total. The molecule has 1 aromatic carbocycles. The van der Waals surface area contributed by atoms with Crippen molar-refractivity contribution < 1.29 is 38.8 Å². The summed E-state index contributed by atoms with van der Waals surface area (Å²) in [7, 11) is 0. The Hall–Kier alpha value is -3.08. The first-order chi connectivity index (χ1) is 17.0. The Morgan fingerprint density at radius 3 is 2.26 bits per heavy atom. The van der Waals surface area contributed by atoms with Gasteiger partial charge >= 0.3 is 0 Å². The average molecular weight is 491 g/mol. The third-order valence-corrected chi connectivity index (χ3v) is 6.61. The van der Waals surface area contributed by atoms with E-state index in [1.165, 1.54) is 11.1 Å². The highest BCUT2D eigenvalue weighted by atomic mass is 16.6. The Balaban J connectivity index is 0.000000520. The van der Waals surface area contributed by atoms with E-state index in [0.717, 1.165) is 70.0 Å². The second-order valence-electron chi connectivity index (χ2n) is 9.12. The number of aliphatic hydroxyl groups is 1.